The summed E-state index contributed by atoms with van der Waals surface area (Å²) in [4.78, 5) is 26.6. The Hall–Kier alpha value is -3.42. The van der Waals surface area contributed by atoms with Gasteiger partial charge in [0.2, 0.25) is 11.8 Å². The fourth-order valence-corrected chi connectivity index (χ4v) is 3.49. The molecule has 0 spiro atoms. The van der Waals surface area contributed by atoms with Crippen molar-refractivity contribution in [2.24, 2.45) is 5.92 Å². The molecule has 158 valence electrons. The lowest BCUT2D eigenvalue weighted by molar-refractivity contribution is -0.126. The van der Waals surface area contributed by atoms with Crippen molar-refractivity contribution < 1.29 is 28.5 Å². The van der Waals surface area contributed by atoms with Gasteiger partial charge >= 0.3 is 0 Å². The van der Waals surface area contributed by atoms with E-state index in [9.17, 15) is 9.59 Å². The van der Waals surface area contributed by atoms with Crippen molar-refractivity contribution >= 4 is 17.5 Å². The van der Waals surface area contributed by atoms with Crippen LogP contribution < -0.4 is 29.2 Å². The molecule has 1 atom stereocenters. The van der Waals surface area contributed by atoms with Crippen molar-refractivity contribution in [3.8, 4) is 23.0 Å². The van der Waals surface area contributed by atoms with Crippen LogP contribution in [0.2, 0.25) is 0 Å². The molecule has 2 aliphatic heterocycles. The van der Waals surface area contributed by atoms with Gasteiger partial charge in [-0.3, -0.25) is 9.59 Å². The van der Waals surface area contributed by atoms with Gasteiger partial charge in [-0.15, -0.1) is 0 Å². The molecule has 0 saturated carbocycles. The van der Waals surface area contributed by atoms with E-state index in [2.05, 4.69) is 5.32 Å². The van der Waals surface area contributed by atoms with Crippen molar-refractivity contribution in [3.63, 3.8) is 0 Å². The molecule has 8 nitrogen and oxygen atoms in total. The van der Waals surface area contributed by atoms with Gasteiger partial charge in [0.25, 0.3) is 0 Å². The van der Waals surface area contributed by atoms with E-state index in [0.29, 0.717) is 55.8 Å². The van der Waals surface area contributed by atoms with Gasteiger partial charge in [-0.1, -0.05) is 0 Å². The van der Waals surface area contributed by atoms with Crippen molar-refractivity contribution in [2.75, 3.05) is 44.9 Å². The second kappa shape index (κ2) is 8.94. The molecule has 30 heavy (non-hydrogen) atoms. The van der Waals surface area contributed by atoms with Gasteiger partial charge in [0.1, 0.15) is 31.3 Å². The summed E-state index contributed by atoms with van der Waals surface area (Å²) in [5.74, 6) is 2.11. The SMILES string of the molecule is COc1ccc(OCCNC(=O)C2CC(=O)N(c3ccc4c(c3)OCCO4)C2)cc1. The van der Waals surface area contributed by atoms with Crippen LogP contribution in [-0.4, -0.2) is 51.8 Å². The molecular formula is C22H24N2O6. The minimum Gasteiger partial charge on any atom is -0.497 e. The smallest absolute Gasteiger partial charge is 0.227 e. The van der Waals surface area contributed by atoms with Crippen molar-refractivity contribution in [1.29, 1.82) is 0 Å². The van der Waals surface area contributed by atoms with Crippen LogP contribution in [0.3, 0.4) is 0 Å². The average Bonchev–Trinajstić information content (AvgIpc) is 3.18. The van der Waals surface area contributed by atoms with E-state index in [1.807, 2.05) is 30.3 Å². The predicted octanol–water partition coefficient (Wildman–Crippen LogP) is 2.01. The maximum Gasteiger partial charge on any atom is 0.227 e. The van der Waals surface area contributed by atoms with Crippen LogP contribution in [0, 0.1) is 5.92 Å². The summed E-state index contributed by atoms with van der Waals surface area (Å²) in [5.41, 5.74) is 0.711. The summed E-state index contributed by atoms with van der Waals surface area (Å²) in [7, 11) is 1.61. The third-order valence-electron chi connectivity index (χ3n) is 5.06. The van der Waals surface area contributed by atoms with E-state index >= 15 is 0 Å². The number of amides is 2. The van der Waals surface area contributed by atoms with Gasteiger partial charge in [0, 0.05) is 24.7 Å². The van der Waals surface area contributed by atoms with E-state index in [1.54, 1.807) is 24.1 Å². The maximum atomic E-state index is 12.5. The number of hydrogen-bond donors (Lipinski definition) is 1. The van der Waals surface area contributed by atoms with Gasteiger partial charge in [-0.2, -0.15) is 0 Å². The summed E-state index contributed by atoms with van der Waals surface area (Å²) < 4.78 is 21.8. The third-order valence-corrected chi connectivity index (χ3v) is 5.06. The Bertz CT molecular complexity index is 914. The minimum absolute atomic E-state index is 0.0821. The number of anilines is 1. The number of carbonyl (C=O) groups excluding carboxylic acids is 2. The summed E-state index contributed by atoms with van der Waals surface area (Å²) in [5, 5.41) is 2.85. The second-order valence-electron chi connectivity index (χ2n) is 7.05. The first kappa shape index (κ1) is 19.9. The molecule has 8 heteroatoms. The summed E-state index contributed by atoms with van der Waals surface area (Å²) in [6.45, 7) is 2.03. The molecule has 2 aromatic carbocycles. The van der Waals surface area contributed by atoms with Crippen molar-refractivity contribution in [2.45, 2.75) is 6.42 Å². The number of benzene rings is 2. The predicted molar refractivity (Wildman–Crippen MR) is 109 cm³/mol. The fourth-order valence-electron chi connectivity index (χ4n) is 3.49. The highest BCUT2D eigenvalue weighted by atomic mass is 16.6. The van der Waals surface area contributed by atoms with Crippen molar-refractivity contribution in [3.05, 3.63) is 42.5 Å². The Labute approximate surface area is 174 Å². The lowest BCUT2D eigenvalue weighted by Gasteiger charge is -2.22. The molecular weight excluding hydrogens is 388 g/mol. The molecule has 1 saturated heterocycles. The lowest BCUT2D eigenvalue weighted by atomic mass is 10.1. The molecule has 1 fully saturated rings. The Morgan fingerprint density at radius 2 is 1.83 bits per heavy atom. The normalized spacial score (nSPS) is 17.6. The molecule has 1 N–H and O–H groups in total. The monoisotopic (exact) mass is 412 g/mol. The van der Waals surface area contributed by atoms with Crippen LogP contribution in [-0.2, 0) is 9.59 Å². The first-order chi connectivity index (χ1) is 14.6. The number of methoxy groups -OCH3 is 1. The minimum atomic E-state index is -0.397. The van der Waals surface area contributed by atoms with Crippen LogP contribution in [0.4, 0.5) is 5.69 Å². The van der Waals surface area contributed by atoms with Crippen LogP contribution in [0.25, 0.3) is 0 Å². The number of nitrogens with one attached hydrogen (secondary N) is 1. The van der Waals surface area contributed by atoms with Gasteiger partial charge < -0.3 is 29.2 Å². The summed E-state index contributed by atoms with van der Waals surface area (Å²) >= 11 is 0. The molecule has 2 aromatic rings. The number of rotatable bonds is 7. The highest BCUT2D eigenvalue weighted by Crippen LogP contribution is 2.35. The number of fused-ring (bicyclic) bond motifs is 1. The van der Waals surface area contributed by atoms with Gasteiger partial charge in [-0.05, 0) is 36.4 Å². The second-order valence-corrected chi connectivity index (χ2v) is 7.05. The van der Waals surface area contributed by atoms with Crippen LogP contribution in [0.5, 0.6) is 23.0 Å². The number of nitrogens with zero attached hydrogens (tertiary/aromatic N) is 1. The number of ether oxygens (including phenoxy) is 4. The average molecular weight is 412 g/mol. The molecule has 2 aliphatic rings. The Morgan fingerprint density at radius 1 is 1.10 bits per heavy atom. The number of hydrogen-bond acceptors (Lipinski definition) is 6. The molecule has 0 aromatic heterocycles. The van der Waals surface area contributed by atoms with E-state index < -0.39 is 5.92 Å². The zero-order chi connectivity index (χ0) is 20.9. The van der Waals surface area contributed by atoms with Crippen LogP contribution in [0.15, 0.2) is 42.5 Å². The third kappa shape index (κ3) is 4.42. The Kier molecular flexibility index (Phi) is 5.92. The van der Waals surface area contributed by atoms with E-state index in [1.165, 1.54) is 0 Å². The quantitative estimate of drug-likeness (QED) is 0.701. The maximum absolute atomic E-state index is 12.5. The molecule has 0 radical (unpaired) electrons. The van der Waals surface area contributed by atoms with Gasteiger partial charge in [-0.25, -0.2) is 0 Å². The molecule has 0 aliphatic carbocycles. The summed E-state index contributed by atoms with van der Waals surface area (Å²) in [6.07, 6.45) is 0.180. The number of carbonyl (C=O) groups is 2. The fraction of sp³-hybridized carbons (Fsp3) is 0.364. The van der Waals surface area contributed by atoms with Gasteiger partial charge in [0.05, 0.1) is 19.6 Å². The molecule has 2 heterocycles. The topological polar surface area (TPSA) is 86.3 Å². The molecule has 4 rings (SSSR count). The van der Waals surface area contributed by atoms with E-state index in [0.717, 1.165) is 5.75 Å². The van der Waals surface area contributed by atoms with E-state index in [-0.39, 0.29) is 18.2 Å². The molecule has 1 unspecified atom stereocenters. The Balaban J connectivity index is 1.26. The first-order valence-electron chi connectivity index (χ1n) is 9.88. The zero-order valence-electron chi connectivity index (χ0n) is 16.8. The van der Waals surface area contributed by atoms with Gasteiger partial charge in [0.15, 0.2) is 11.5 Å². The highest BCUT2D eigenvalue weighted by molar-refractivity contribution is 6.00. The van der Waals surface area contributed by atoms with Crippen LogP contribution in [0.1, 0.15) is 6.42 Å². The van der Waals surface area contributed by atoms with E-state index in [4.69, 9.17) is 18.9 Å². The molecule has 0 bridgehead atoms. The van der Waals surface area contributed by atoms with Crippen LogP contribution >= 0.6 is 0 Å². The zero-order valence-corrected chi connectivity index (χ0v) is 16.8. The largest absolute Gasteiger partial charge is 0.497 e. The standard InChI is InChI=1S/C22H24N2O6/c1-27-17-3-5-18(6-4-17)28-9-8-23-22(26)15-12-21(25)24(14-15)16-2-7-19-20(13-16)30-11-10-29-19/h2-7,13,15H,8-12,14H2,1H3,(H,23,26). The molecule has 2 amide bonds. The van der Waals surface area contributed by atoms with Crippen molar-refractivity contribution in [1.82, 2.24) is 5.32 Å². The first-order valence-corrected chi connectivity index (χ1v) is 9.88. The Morgan fingerprint density at radius 3 is 2.60 bits per heavy atom. The lowest BCUT2D eigenvalue weighted by Crippen LogP contribution is -2.35. The highest BCUT2D eigenvalue weighted by Gasteiger charge is 2.35. The summed E-state index contributed by atoms with van der Waals surface area (Å²) in [6, 6.07) is 12.6.